The molecule has 5 rings (SSSR count). The Bertz CT molecular complexity index is 1090. The second-order valence-corrected chi connectivity index (χ2v) is 7.08. The number of nitrogens with two attached hydrogens (primary N) is 2. The van der Waals surface area contributed by atoms with Crippen molar-refractivity contribution in [2.75, 3.05) is 0 Å². The van der Waals surface area contributed by atoms with Crippen LogP contribution in [0.3, 0.4) is 0 Å². The van der Waals surface area contributed by atoms with Crippen LogP contribution in [0.25, 0.3) is 22.4 Å². The van der Waals surface area contributed by atoms with Crippen LogP contribution in [0, 0.1) is 0 Å². The molecule has 1 fully saturated rings. The standard InChI is InChI=1S/C18H20N8/c19-12-3-6-18(20,7-4-12)17-22-11-15-13(5-9-25(15)24-17)14-1-2-16-21-8-10-26(16)23-14/h1-2,5,8-12H,3-4,6-7,19-20H2. The van der Waals surface area contributed by atoms with Crippen LogP contribution in [-0.2, 0) is 5.54 Å². The molecule has 0 amide bonds. The van der Waals surface area contributed by atoms with E-state index in [1.807, 2.05) is 41.3 Å². The van der Waals surface area contributed by atoms with Crippen LogP contribution in [0.4, 0.5) is 0 Å². The summed E-state index contributed by atoms with van der Waals surface area (Å²) in [6, 6.07) is 6.14. The molecule has 4 aromatic rings. The van der Waals surface area contributed by atoms with Crippen molar-refractivity contribution in [1.29, 1.82) is 0 Å². The van der Waals surface area contributed by atoms with Crippen molar-refractivity contribution in [2.45, 2.75) is 37.3 Å². The second kappa shape index (κ2) is 5.58. The number of nitrogens with zero attached hydrogens (tertiary/aromatic N) is 6. The van der Waals surface area contributed by atoms with Gasteiger partial charge < -0.3 is 11.5 Å². The summed E-state index contributed by atoms with van der Waals surface area (Å²) in [5.74, 6) is 0.678. The number of imidazole rings is 1. The highest BCUT2D eigenvalue weighted by atomic mass is 15.3. The summed E-state index contributed by atoms with van der Waals surface area (Å²) < 4.78 is 3.59. The topological polar surface area (TPSA) is 112 Å². The van der Waals surface area contributed by atoms with E-state index < -0.39 is 5.54 Å². The Morgan fingerprint density at radius 3 is 2.69 bits per heavy atom. The highest BCUT2D eigenvalue weighted by Crippen LogP contribution is 2.33. The lowest BCUT2D eigenvalue weighted by Gasteiger charge is -2.34. The lowest BCUT2D eigenvalue weighted by molar-refractivity contribution is 0.262. The molecular weight excluding hydrogens is 328 g/mol. The monoisotopic (exact) mass is 348 g/mol. The SMILES string of the molecule is NC1CCC(N)(c2ncc3c(-c4ccc5nccn5n4)ccn3n2)CC1. The molecule has 0 aromatic carbocycles. The van der Waals surface area contributed by atoms with Gasteiger partial charge in [0.05, 0.1) is 22.9 Å². The molecule has 8 nitrogen and oxygen atoms in total. The van der Waals surface area contributed by atoms with E-state index >= 15 is 0 Å². The van der Waals surface area contributed by atoms with E-state index in [9.17, 15) is 0 Å². The van der Waals surface area contributed by atoms with Crippen LogP contribution in [0.2, 0.25) is 0 Å². The predicted molar refractivity (Wildman–Crippen MR) is 97.3 cm³/mol. The first kappa shape index (κ1) is 15.4. The van der Waals surface area contributed by atoms with Crippen molar-refractivity contribution in [3.8, 4) is 11.3 Å². The van der Waals surface area contributed by atoms with Gasteiger partial charge in [0, 0.05) is 30.2 Å². The fourth-order valence-electron chi connectivity index (χ4n) is 3.68. The Kier molecular flexibility index (Phi) is 3.31. The number of fused-ring (bicyclic) bond motifs is 2. The fourth-order valence-corrected chi connectivity index (χ4v) is 3.68. The Labute approximate surface area is 149 Å². The summed E-state index contributed by atoms with van der Waals surface area (Å²) in [5.41, 5.74) is 15.6. The first-order chi connectivity index (χ1) is 12.6. The van der Waals surface area contributed by atoms with Crippen LogP contribution in [0.1, 0.15) is 31.5 Å². The smallest absolute Gasteiger partial charge is 0.169 e. The first-order valence-electron chi connectivity index (χ1n) is 8.82. The van der Waals surface area contributed by atoms with Gasteiger partial charge in [-0.3, -0.25) is 0 Å². The van der Waals surface area contributed by atoms with Gasteiger partial charge in [0.2, 0.25) is 0 Å². The largest absolute Gasteiger partial charge is 0.328 e. The second-order valence-electron chi connectivity index (χ2n) is 7.08. The number of aromatic nitrogens is 6. The van der Waals surface area contributed by atoms with E-state index in [0.29, 0.717) is 5.82 Å². The molecule has 0 aliphatic heterocycles. The molecule has 0 unspecified atom stereocenters. The zero-order valence-electron chi connectivity index (χ0n) is 14.3. The average molecular weight is 348 g/mol. The Morgan fingerprint density at radius 1 is 1.00 bits per heavy atom. The van der Waals surface area contributed by atoms with Crippen molar-refractivity contribution >= 4 is 11.2 Å². The van der Waals surface area contributed by atoms with Crippen molar-refractivity contribution < 1.29 is 0 Å². The van der Waals surface area contributed by atoms with Crippen LogP contribution < -0.4 is 11.5 Å². The summed E-state index contributed by atoms with van der Waals surface area (Å²) >= 11 is 0. The quantitative estimate of drug-likeness (QED) is 0.567. The highest BCUT2D eigenvalue weighted by Gasteiger charge is 2.35. The Hall–Kier alpha value is -2.84. The lowest BCUT2D eigenvalue weighted by atomic mass is 9.80. The van der Waals surface area contributed by atoms with E-state index in [2.05, 4.69) is 20.2 Å². The summed E-state index contributed by atoms with van der Waals surface area (Å²) in [6.45, 7) is 0. The van der Waals surface area contributed by atoms with Gasteiger partial charge in [0.25, 0.3) is 0 Å². The predicted octanol–water partition coefficient (Wildman–Crippen LogP) is 1.49. The van der Waals surface area contributed by atoms with Gasteiger partial charge in [-0.25, -0.2) is 19.0 Å². The summed E-state index contributed by atoms with van der Waals surface area (Å²) in [7, 11) is 0. The summed E-state index contributed by atoms with van der Waals surface area (Å²) in [6.07, 6.45) is 10.8. The van der Waals surface area contributed by atoms with Gasteiger partial charge >= 0.3 is 0 Å². The average Bonchev–Trinajstić information content (AvgIpc) is 3.29. The molecule has 26 heavy (non-hydrogen) atoms. The van der Waals surface area contributed by atoms with Gasteiger partial charge in [0.1, 0.15) is 0 Å². The number of rotatable bonds is 2. The third-order valence-electron chi connectivity index (χ3n) is 5.32. The number of hydrogen-bond donors (Lipinski definition) is 2. The lowest BCUT2D eigenvalue weighted by Crippen LogP contribution is -2.45. The van der Waals surface area contributed by atoms with Crippen LogP contribution in [-0.4, -0.2) is 35.2 Å². The van der Waals surface area contributed by atoms with Crippen LogP contribution >= 0.6 is 0 Å². The summed E-state index contributed by atoms with van der Waals surface area (Å²) in [4.78, 5) is 8.82. The van der Waals surface area contributed by atoms with E-state index in [4.69, 9.17) is 11.5 Å². The molecule has 4 N–H and O–H groups in total. The van der Waals surface area contributed by atoms with Crippen LogP contribution in [0.5, 0.6) is 0 Å². The zero-order valence-corrected chi connectivity index (χ0v) is 14.3. The van der Waals surface area contributed by atoms with Gasteiger partial charge in [0.15, 0.2) is 11.5 Å². The first-order valence-corrected chi connectivity index (χ1v) is 8.82. The fraction of sp³-hybridized carbons (Fsp3) is 0.333. The van der Waals surface area contributed by atoms with E-state index in [0.717, 1.165) is 48.1 Å². The minimum Gasteiger partial charge on any atom is -0.328 e. The molecule has 1 aliphatic carbocycles. The molecule has 0 bridgehead atoms. The molecule has 0 saturated heterocycles. The minimum absolute atomic E-state index is 0.234. The molecule has 1 aliphatic rings. The molecule has 0 spiro atoms. The van der Waals surface area contributed by atoms with Crippen LogP contribution in [0.15, 0.2) is 43.0 Å². The molecule has 1 saturated carbocycles. The Morgan fingerprint density at radius 2 is 1.85 bits per heavy atom. The zero-order chi connectivity index (χ0) is 17.7. The van der Waals surface area contributed by atoms with E-state index in [-0.39, 0.29) is 6.04 Å². The molecule has 132 valence electrons. The maximum Gasteiger partial charge on any atom is 0.169 e. The maximum absolute atomic E-state index is 6.59. The van der Waals surface area contributed by atoms with Crippen molar-refractivity contribution in [2.24, 2.45) is 11.5 Å². The molecule has 0 atom stereocenters. The van der Waals surface area contributed by atoms with Crippen molar-refractivity contribution in [1.82, 2.24) is 29.2 Å². The van der Waals surface area contributed by atoms with E-state index in [1.54, 1.807) is 10.7 Å². The van der Waals surface area contributed by atoms with E-state index in [1.165, 1.54) is 0 Å². The number of hydrogen-bond acceptors (Lipinski definition) is 6. The normalized spacial score (nSPS) is 23.7. The van der Waals surface area contributed by atoms with Crippen molar-refractivity contribution in [3.63, 3.8) is 0 Å². The third kappa shape index (κ3) is 2.38. The molecular formula is C18H20N8. The Balaban J connectivity index is 1.55. The van der Waals surface area contributed by atoms with Gasteiger partial charge in [-0.05, 0) is 43.9 Å². The van der Waals surface area contributed by atoms with Crippen molar-refractivity contribution in [3.05, 3.63) is 48.8 Å². The highest BCUT2D eigenvalue weighted by molar-refractivity contribution is 5.78. The molecule has 0 radical (unpaired) electrons. The molecule has 8 heteroatoms. The minimum atomic E-state index is -0.498. The molecule has 4 heterocycles. The third-order valence-corrected chi connectivity index (χ3v) is 5.32. The summed E-state index contributed by atoms with van der Waals surface area (Å²) in [5, 5.41) is 9.30. The van der Waals surface area contributed by atoms with Gasteiger partial charge in [-0.2, -0.15) is 10.2 Å². The van der Waals surface area contributed by atoms with Gasteiger partial charge in [-0.1, -0.05) is 0 Å². The maximum atomic E-state index is 6.59. The molecule has 4 aromatic heterocycles. The van der Waals surface area contributed by atoms with Gasteiger partial charge in [-0.15, -0.1) is 0 Å².